The first-order chi connectivity index (χ1) is 18.1. The van der Waals surface area contributed by atoms with E-state index in [4.69, 9.17) is 0 Å². The zero-order valence-electron chi connectivity index (χ0n) is 34.9. The Labute approximate surface area is 312 Å². The third-order valence-corrected chi connectivity index (χ3v) is 20.2. The predicted octanol–water partition coefficient (Wildman–Crippen LogP) is 14.3. The van der Waals surface area contributed by atoms with Gasteiger partial charge in [-0.15, -0.1) is 0 Å². The van der Waals surface area contributed by atoms with Gasteiger partial charge in [0.2, 0.25) is 0 Å². The van der Waals surface area contributed by atoms with E-state index in [1.165, 1.54) is 0 Å². The van der Waals surface area contributed by atoms with Crippen LogP contribution >= 0.6 is 14.0 Å². The Balaban J connectivity index is -0.000000158. The van der Waals surface area contributed by atoms with E-state index in [0.717, 1.165) is 0 Å². The minimum atomic E-state index is -0.391. The van der Waals surface area contributed by atoms with E-state index in [-0.39, 0.29) is 0 Å². The van der Waals surface area contributed by atoms with Gasteiger partial charge in [-0.2, -0.15) is 0 Å². The molecule has 0 aromatic carbocycles. The van der Waals surface area contributed by atoms with Crippen LogP contribution in [0.3, 0.4) is 0 Å². The number of hydrogen-bond acceptors (Lipinski definition) is 0. The predicted molar refractivity (Wildman–Crippen MR) is 221 cm³/mol. The van der Waals surface area contributed by atoms with Gasteiger partial charge < -0.3 is 0 Å². The second-order valence-corrected chi connectivity index (χ2v) is 37.1. The van der Waals surface area contributed by atoms with Crippen molar-refractivity contribution >= 4 is 83.1 Å². The zero-order valence-corrected chi connectivity index (χ0v) is 45.8. The summed E-state index contributed by atoms with van der Waals surface area (Å²) in [6.07, 6.45) is 0. The fourth-order valence-electron chi connectivity index (χ4n) is 10.1. The summed E-state index contributed by atoms with van der Waals surface area (Å²) in [5.41, 5.74) is 0. The molecule has 0 saturated carbocycles. The van der Waals surface area contributed by atoms with Crippen LogP contribution in [0.1, 0.15) is 187 Å². The van der Waals surface area contributed by atoms with Crippen molar-refractivity contribution in [3.8, 4) is 0 Å². The van der Waals surface area contributed by atoms with Gasteiger partial charge >= 0.3 is 56.7 Å². The molecule has 0 aliphatic heterocycles. The van der Waals surface area contributed by atoms with Crippen molar-refractivity contribution in [1.29, 1.82) is 0 Å². The molecular weight excluding hydrogens is 814 g/mol. The van der Waals surface area contributed by atoms with Crippen LogP contribution in [-0.4, -0.2) is 69.1 Å². The molecule has 0 unspecified atom stereocenters. The Hall–Kier alpha value is 2.76. The van der Waals surface area contributed by atoms with E-state index in [1.807, 2.05) is 42.7 Å². The molecule has 0 bridgehead atoms. The quantitative estimate of drug-likeness (QED) is 0.213. The van der Waals surface area contributed by atoms with Gasteiger partial charge in [0.1, 0.15) is 0 Å². The molecule has 0 aromatic heterocycles. The maximum absolute atomic E-state index is 2.94. The Bertz CT molecular complexity index is 520. The standard InChI is InChI=1S/3C12H27Si.BrGe.Ge2/c3*1-10(2,3)13(11(4,5)6)12(7,8)9;2*1-2/h3*1-9H3;;. The van der Waals surface area contributed by atoms with Crippen LogP contribution in [0.2, 0.25) is 45.3 Å². The van der Waals surface area contributed by atoms with Crippen molar-refractivity contribution in [2.24, 2.45) is 0 Å². The summed E-state index contributed by atoms with van der Waals surface area (Å²) >= 11 is 8.75. The summed E-state index contributed by atoms with van der Waals surface area (Å²) in [5, 5.41) is 4.39. The summed E-state index contributed by atoms with van der Waals surface area (Å²) in [5.74, 6) is 0. The summed E-state index contributed by atoms with van der Waals surface area (Å²) in [7, 11) is -1.17. The van der Waals surface area contributed by atoms with E-state index < -0.39 is 26.4 Å². The second kappa shape index (κ2) is 19.8. The second-order valence-electron chi connectivity index (χ2n) is 21.4. The molecule has 0 nitrogen and oxygen atoms in total. The molecule has 0 spiro atoms. The van der Waals surface area contributed by atoms with Gasteiger partial charge in [-0.3, -0.25) is 0 Å². The molecule has 0 aliphatic carbocycles. The molecule has 0 N–H and O–H groups in total. The Morgan fingerprint density at radius 1 is 0.233 bits per heavy atom. The Morgan fingerprint density at radius 3 is 0.279 bits per heavy atom. The summed E-state index contributed by atoms with van der Waals surface area (Å²) in [6.45, 7) is 64.8. The van der Waals surface area contributed by atoms with E-state index in [2.05, 4.69) is 201 Å². The number of rotatable bonds is 0. The van der Waals surface area contributed by atoms with Gasteiger partial charge in [0.25, 0.3) is 0 Å². The first kappa shape index (κ1) is 55.2. The molecule has 0 fully saturated rings. The van der Waals surface area contributed by atoms with Crippen LogP contribution in [0.15, 0.2) is 0 Å². The first-order valence-electron chi connectivity index (χ1n) is 16.2. The molecule has 7 heteroatoms. The van der Waals surface area contributed by atoms with Gasteiger partial charge in [0.15, 0.2) is 0 Å². The van der Waals surface area contributed by atoms with Gasteiger partial charge in [0.05, 0.1) is 26.4 Å². The SMILES string of the molecule is CC(C)(C)[Si](C(C)(C)C)C(C)(C)C.CC(C)(C)[Si](C(C)(C)C)C(C)(C)C.CC(C)(C)[Si](C(C)(C)C)C(C)(C)C.[Ge]=[Ge].[Ge][Br]. The van der Waals surface area contributed by atoms with Gasteiger partial charge in [0, 0.05) is 0 Å². The van der Waals surface area contributed by atoms with Crippen molar-refractivity contribution in [3.63, 3.8) is 0 Å². The van der Waals surface area contributed by atoms with Crippen LogP contribution in [-0.2, 0) is 0 Å². The van der Waals surface area contributed by atoms with Crippen molar-refractivity contribution in [1.82, 2.24) is 0 Å². The van der Waals surface area contributed by atoms with E-state index in [0.29, 0.717) is 45.3 Å². The zero-order chi connectivity index (χ0) is 37.2. The van der Waals surface area contributed by atoms with Crippen LogP contribution in [0, 0.1) is 0 Å². The van der Waals surface area contributed by atoms with Crippen molar-refractivity contribution in [2.45, 2.75) is 232 Å². The summed E-state index contributed by atoms with van der Waals surface area (Å²) in [6, 6.07) is 0. The molecule has 0 atom stereocenters. The molecule has 0 aliphatic rings. The first-order valence-corrected chi connectivity index (χ1v) is 32.1. The number of hydrogen-bond donors (Lipinski definition) is 0. The normalized spacial score (nSPS) is 14.0. The number of halogens is 1. The van der Waals surface area contributed by atoms with Crippen molar-refractivity contribution in [3.05, 3.63) is 0 Å². The van der Waals surface area contributed by atoms with E-state index in [1.54, 1.807) is 0 Å². The Morgan fingerprint density at radius 2 is 0.279 bits per heavy atom. The van der Waals surface area contributed by atoms with E-state index in [9.17, 15) is 0 Å². The molecular formula is C36H81BrGe3Si3. The van der Waals surface area contributed by atoms with Crippen molar-refractivity contribution < 1.29 is 0 Å². The summed E-state index contributed by atoms with van der Waals surface area (Å²) < 4.78 is 0. The van der Waals surface area contributed by atoms with Gasteiger partial charge in [-0.25, -0.2) is 0 Å². The fraction of sp³-hybridized carbons (Fsp3) is 1.00. The third-order valence-electron chi connectivity index (χ3n) is 6.75. The molecule has 43 heavy (non-hydrogen) atoms. The van der Waals surface area contributed by atoms with Crippen LogP contribution in [0.5, 0.6) is 0 Å². The molecule has 0 heterocycles. The average molecular weight is 896 g/mol. The molecule has 0 rings (SSSR count). The van der Waals surface area contributed by atoms with E-state index >= 15 is 0 Å². The third kappa shape index (κ3) is 25.4. The van der Waals surface area contributed by atoms with Crippen LogP contribution in [0.4, 0.5) is 0 Å². The molecule has 0 saturated heterocycles. The van der Waals surface area contributed by atoms with Crippen LogP contribution < -0.4 is 0 Å². The maximum atomic E-state index is 2.94. The van der Waals surface area contributed by atoms with Gasteiger partial charge in [-0.1, -0.05) is 187 Å². The molecule has 0 amide bonds. The minimum absolute atomic E-state index is 0.391. The average Bonchev–Trinajstić information content (AvgIpc) is 2.53. The van der Waals surface area contributed by atoms with Crippen molar-refractivity contribution in [2.75, 3.05) is 0 Å². The topological polar surface area (TPSA) is 0 Å². The van der Waals surface area contributed by atoms with Crippen LogP contribution in [0.25, 0.3) is 0 Å². The molecule has 256 valence electrons. The monoisotopic (exact) mass is 898 g/mol. The molecule has 0 aromatic rings. The van der Waals surface area contributed by atoms with Gasteiger partial charge in [-0.05, 0) is 45.3 Å². The summed E-state index contributed by atoms with van der Waals surface area (Å²) in [4.78, 5) is 0. The fourth-order valence-corrected chi connectivity index (χ4v) is 30.4. The molecule has 10 radical (unpaired) electrons. The Kier molecular flexibility index (Phi) is 25.4.